The van der Waals surface area contributed by atoms with Gasteiger partial charge in [0.05, 0.1) is 13.0 Å². The second-order valence-electron chi connectivity index (χ2n) is 7.47. The van der Waals surface area contributed by atoms with E-state index in [2.05, 4.69) is 0 Å². The third-order valence-corrected chi connectivity index (χ3v) is 5.48. The van der Waals surface area contributed by atoms with Crippen LogP contribution in [0, 0.1) is 5.82 Å². The number of carboxylic acids is 1. The minimum Gasteiger partial charge on any atom is -0.492 e. The van der Waals surface area contributed by atoms with Crippen LogP contribution in [-0.4, -0.2) is 24.3 Å². The lowest BCUT2D eigenvalue weighted by molar-refractivity contribution is -0.137. The lowest BCUT2D eigenvalue weighted by Gasteiger charge is -2.27. The molecule has 0 bridgehead atoms. The van der Waals surface area contributed by atoms with E-state index in [1.807, 2.05) is 30.3 Å². The molecule has 5 nitrogen and oxygen atoms in total. The van der Waals surface area contributed by atoms with Gasteiger partial charge < -0.3 is 19.3 Å². The van der Waals surface area contributed by atoms with E-state index < -0.39 is 5.97 Å². The predicted octanol–water partition coefficient (Wildman–Crippen LogP) is 4.96. The van der Waals surface area contributed by atoms with Crippen LogP contribution in [0.25, 0.3) is 11.1 Å². The van der Waals surface area contributed by atoms with Gasteiger partial charge in [-0.15, -0.1) is 0 Å². The topological polar surface area (TPSA) is 65.0 Å². The molecule has 1 unspecified atom stereocenters. The second-order valence-corrected chi connectivity index (χ2v) is 7.47. The summed E-state index contributed by atoms with van der Waals surface area (Å²) in [5.74, 6) is 0.435. The van der Waals surface area contributed by atoms with E-state index in [4.69, 9.17) is 19.3 Å². The molecule has 2 aliphatic rings. The fourth-order valence-corrected chi connectivity index (χ4v) is 3.98. The van der Waals surface area contributed by atoms with Gasteiger partial charge in [-0.3, -0.25) is 4.79 Å². The number of ether oxygens (including phenoxy) is 3. The molecule has 0 fully saturated rings. The molecule has 0 aromatic heterocycles. The molecule has 3 aromatic rings. The molecule has 30 heavy (non-hydrogen) atoms. The number of carbonyl (C=O) groups is 1. The van der Waals surface area contributed by atoms with Crippen molar-refractivity contribution in [1.29, 1.82) is 0 Å². The first kappa shape index (κ1) is 18.5. The van der Waals surface area contributed by atoms with Crippen molar-refractivity contribution in [2.24, 2.45) is 0 Å². The summed E-state index contributed by atoms with van der Waals surface area (Å²) in [5.41, 5.74) is 3.02. The van der Waals surface area contributed by atoms with Gasteiger partial charge in [-0.25, -0.2) is 4.39 Å². The largest absolute Gasteiger partial charge is 0.492 e. The molecule has 0 saturated carbocycles. The molecule has 0 aliphatic carbocycles. The predicted molar refractivity (Wildman–Crippen MR) is 108 cm³/mol. The van der Waals surface area contributed by atoms with Gasteiger partial charge >= 0.3 is 5.97 Å². The van der Waals surface area contributed by atoms with E-state index in [1.165, 1.54) is 6.07 Å². The number of hydrogen-bond acceptors (Lipinski definition) is 4. The van der Waals surface area contributed by atoms with Gasteiger partial charge in [0.25, 0.3) is 0 Å². The Hall–Kier alpha value is -3.54. The average molecular weight is 406 g/mol. The molecule has 3 aromatic carbocycles. The molecule has 6 heteroatoms. The van der Waals surface area contributed by atoms with Crippen molar-refractivity contribution in [1.82, 2.24) is 0 Å². The van der Waals surface area contributed by atoms with Crippen molar-refractivity contribution in [3.8, 4) is 28.4 Å². The number of halogens is 1. The Morgan fingerprint density at radius 3 is 2.63 bits per heavy atom. The number of carboxylic acid groups (broad SMARTS) is 1. The summed E-state index contributed by atoms with van der Waals surface area (Å²) < 4.78 is 31.9. The SMILES string of the molecule is O=C(O)C[C@@H]1COc2cc3c(cc21)OCC(c1cccc(-c2ccccc2F)c1)O3. The Bertz CT molecular complexity index is 1130. The molecule has 0 radical (unpaired) electrons. The first-order chi connectivity index (χ1) is 14.6. The summed E-state index contributed by atoms with van der Waals surface area (Å²) >= 11 is 0. The van der Waals surface area contributed by atoms with E-state index in [0.29, 0.717) is 36.0 Å². The van der Waals surface area contributed by atoms with E-state index in [1.54, 1.807) is 24.3 Å². The number of rotatable bonds is 4. The van der Waals surface area contributed by atoms with Crippen molar-refractivity contribution >= 4 is 5.97 Å². The lowest BCUT2D eigenvalue weighted by Crippen LogP contribution is -2.21. The highest BCUT2D eigenvalue weighted by molar-refractivity contribution is 5.69. The highest BCUT2D eigenvalue weighted by atomic mass is 19.1. The Balaban J connectivity index is 1.41. The van der Waals surface area contributed by atoms with Crippen LogP contribution < -0.4 is 14.2 Å². The number of hydrogen-bond donors (Lipinski definition) is 1. The van der Waals surface area contributed by atoms with Crippen LogP contribution in [0.2, 0.25) is 0 Å². The second kappa shape index (κ2) is 7.37. The third kappa shape index (κ3) is 3.34. The lowest BCUT2D eigenvalue weighted by atomic mass is 9.97. The Labute approximate surface area is 172 Å². The summed E-state index contributed by atoms with van der Waals surface area (Å²) in [4.78, 5) is 11.1. The first-order valence-corrected chi connectivity index (χ1v) is 9.75. The molecule has 5 rings (SSSR count). The van der Waals surface area contributed by atoms with Crippen molar-refractivity contribution in [3.63, 3.8) is 0 Å². The summed E-state index contributed by atoms with van der Waals surface area (Å²) in [6, 6.07) is 17.8. The normalized spacial score (nSPS) is 19.1. The van der Waals surface area contributed by atoms with Crippen molar-refractivity contribution in [2.45, 2.75) is 18.4 Å². The fraction of sp³-hybridized carbons (Fsp3) is 0.208. The van der Waals surface area contributed by atoms with Gasteiger partial charge in [0, 0.05) is 23.1 Å². The maximum atomic E-state index is 14.2. The Morgan fingerprint density at radius 2 is 1.80 bits per heavy atom. The molecule has 2 aliphatic heterocycles. The third-order valence-electron chi connectivity index (χ3n) is 5.48. The van der Waals surface area contributed by atoms with Crippen molar-refractivity contribution in [3.05, 3.63) is 77.6 Å². The summed E-state index contributed by atoms with van der Waals surface area (Å²) in [6.07, 6.45) is -0.337. The van der Waals surface area contributed by atoms with Crippen LogP contribution >= 0.6 is 0 Å². The van der Waals surface area contributed by atoms with E-state index >= 15 is 0 Å². The number of aliphatic carboxylic acids is 1. The molecule has 0 saturated heterocycles. The Morgan fingerprint density at radius 1 is 0.967 bits per heavy atom. The summed E-state index contributed by atoms with van der Waals surface area (Å²) in [7, 11) is 0. The van der Waals surface area contributed by atoms with Crippen LogP contribution in [0.15, 0.2) is 60.7 Å². The zero-order chi connectivity index (χ0) is 20.7. The molecule has 2 heterocycles. The van der Waals surface area contributed by atoms with E-state index in [-0.39, 0.29) is 24.3 Å². The highest BCUT2D eigenvalue weighted by Gasteiger charge is 2.31. The van der Waals surface area contributed by atoms with Crippen molar-refractivity contribution < 1.29 is 28.5 Å². The quantitative estimate of drug-likeness (QED) is 0.664. The smallest absolute Gasteiger partial charge is 0.304 e. The van der Waals surface area contributed by atoms with Crippen LogP contribution in [0.4, 0.5) is 4.39 Å². The highest BCUT2D eigenvalue weighted by Crippen LogP contribution is 2.46. The first-order valence-electron chi connectivity index (χ1n) is 9.75. The maximum absolute atomic E-state index is 14.2. The molecule has 0 spiro atoms. The van der Waals surface area contributed by atoms with Crippen LogP contribution in [-0.2, 0) is 4.79 Å². The zero-order valence-corrected chi connectivity index (χ0v) is 16.0. The molecular formula is C24H19FO5. The van der Waals surface area contributed by atoms with E-state index in [0.717, 1.165) is 16.7 Å². The van der Waals surface area contributed by atoms with Gasteiger partial charge in [-0.2, -0.15) is 0 Å². The fourth-order valence-electron chi connectivity index (χ4n) is 3.98. The van der Waals surface area contributed by atoms with E-state index in [9.17, 15) is 9.18 Å². The average Bonchev–Trinajstić information content (AvgIpc) is 3.13. The van der Waals surface area contributed by atoms with Gasteiger partial charge in [0.2, 0.25) is 0 Å². The maximum Gasteiger partial charge on any atom is 0.304 e. The van der Waals surface area contributed by atoms with Gasteiger partial charge in [-0.05, 0) is 29.3 Å². The van der Waals surface area contributed by atoms with Crippen LogP contribution in [0.5, 0.6) is 17.2 Å². The molecule has 1 N–H and O–H groups in total. The molecule has 0 amide bonds. The number of fused-ring (bicyclic) bond motifs is 2. The zero-order valence-electron chi connectivity index (χ0n) is 16.0. The van der Waals surface area contributed by atoms with Crippen LogP contribution in [0.1, 0.15) is 29.6 Å². The van der Waals surface area contributed by atoms with Gasteiger partial charge in [0.15, 0.2) is 17.6 Å². The van der Waals surface area contributed by atoms with Crippen LogP contribution in [0.3, 0.4) is 0 Å². The van der Waals surface area contributed by atoms with Gasteiger partial charge in [0.1, 0.15) is 18.2 Å². The van der Waals surface area contributed by atoms with Crippen molar-refractivity contribution in [2.75, 3.05) is 13.2 Å². The molecular weight excluding hydrogens is 387 g/mol. The standard InChI is InChI=1S/C24H19FO5/c25-19-7-2-1-6-17(19)14-4-3-5-15(8-14)23-13-29-21-10-18-16(9-24(26)27)12-28-20(18)11-22(21)30-23/h1-8,10-11,16,23H,9,12-13H2,(H,26,27)/t16-,23?/m1/s1. The minimum atomic E-state index is -0.860. The minimum absolute atomic E-state index is 0.0120. The Kier molecular flexibility index (Phi) is 4.54. The van der Waals surface area contributed by atoms with Gasteiger partial charge in [-0.1, -0.05) is 36.4 Å². The molecule has 152 valence electrons. The summed E-state index contributed by atoms with van der Waals surface area (Å²) in [5, 5.41) is 9.09. The number of benzene rings is 3. The monoisotopic (exact) mass is 406 g/mol. The summed E-state index contributed by atoms with van der Waals surface area (Å²) in [6.45, 7) is 0.635. The molecule has 2 atom stereocenters.